The summed E-state index contributed by atoms with van der Waals surface area (Å²) in [4.78, 5) is 23.7. The molecular formula is C26H37N5O5. The van der Waals surface area contributed by atoms with E-state index in [1.165, 1.54) is 0 Å². The van der Waals surface area contributed by atoms with Gasteiger partial charge in [0.2, 0.25) is 5.75 Å². The van der Waals surface area contributed by atoms with Gasteiger partial charge in [-0.05, 0) is 45.1 Å². The van der Waals surface area contributed by atoms with Crippen LogP contribution in [0.5, 0.6) is 17.2 Å². The lowest BCUT2D eigenvalue weighted by Gasteiger charge is -2.32. The van der Waals surface area contributed by atoms with Gasteiger partial charge in [0.15, 0.2) is 11.5 Å². The fourth-order valence-corrected chi connectivity index (χ4v) is 5.08. The van der Waals surface area contributed by atoms with Gasteiger partial charge in [-0.15, -0.1) is 0 Å². The number of morpholine rings is 1. The van der Waals surface area contributed by atoms with Gasteiger partial charge in [0.05, 0.1) is 33.5 Å². The Labute approximate surface area is 213 Å². The first-order valence-electron chi connectivity index (χ1n) is 12.8. The lowest BCUT2D eigenvalue weighted by molar-refractivity contribution is 0.0437. The Morgan fingerprint density at radius 2 is 1.58 bits per heavy atom. The van der Waals surface area contributed by atoms with Crippen molar-refractivity contribution in [2.75, 3.05) is 66.7 Å². The zero-order valence-electron chi connectivity index (χ0n) is 21.6. The Morgan fingerprint density at radius 1 is 0.944 bits per heavy atom. The van der Waals surface area contributed by atoms with Gasteiger partial charge in [0.25, 0.3) is 0 Å². The number of methoxy groups -OCH3 is 2. The van der Waals surface area contributed by atoms with Crippen molar-refractivity contribution in [3.05, 3.63) is 11.6 Å². The van der Waals surface area contributed by atoms with Crippen LogP contribution in [-0.2, 0) is 4.74 Å². The van der Waals surface area contributed by atoms with Crippen LogP contribution >= 0.6 is 0 Å². The zero-order chi connectivity index (χ0) is 25.5. The van der Waals surface area contributed by atoms with Gasteiger partial charge in [0, 0.05) is 39.3 Å². The molecule has 1 aliphatic carbocycles. The number of amidine groups is 1. The molecule has 0 N–H and O–H groups in total. The number of aliphatic imine (C=N–C) groups is 1. The van der Waals surface area contributed by atoms with E-state index in [0.717, 1.165) is 44.5 Å². The molecule has 10 nitrogen and oxygen atoms in total. The smallest absolute Gasteiger partial charge is 0.320 e. The summed E-state index contributed by atoms with van der Waals surface area (Å²) in [6.07, 6.45) is 5.11. The van der Waals surface area contributed by atoms with Crippen LogP contribution in [0.25, 0.3) is 0 Å². The Bertz CT molecular complexity index is 995. The van der Waals surface area contributed by atoms with Crippen LogP contribution < -0.4 is 14.2 Å². The summed E-state index contributed by atoms with van der Waals surface area (Å²) in [5.74, 6) is 2.06. The molecule has 3 fully saturated rings. The maximum Gasteiger partial charge on any atom is 0.320 e. The van der Waals surface area contributed by atoms with E-state index in [2.05, 4.69) is 11.0 Å². The van der Waals surface area contributed by atoms with E-state index >= 15 is 0 Å². The highest BCUT2D eigenvalue weighted by Crippen LogP contribution is 2.47. The number of hydrogen-bond acceptors (Lipinski definition) is 7. The average Bonchev–Trinajstić information content (AvgIpc) is 3.30. The van der Waals surface area contributed by atoms with Crippen molar-refractivity contribution in [1.29, 1.82) is 5.26 Å². The highest BCUT2D eigenvalue weighted by Gasteiger charge is 2.27. The number of rotatable bonds is 5. The Morgan fingerprint density at radius 3 is 2.25 bits per heavy atom. The molecule has 10 heteroatoms. The van der Waals surface area contributed by atoms with Gasteiger partial charge in [-0.3, -0.25) is 0 Å². The summed E-state index contributed by atoms with van der Waals surface area (Å²) in [7, 11) is 3.12. The maximum absolute atomic E-state index is 12.9. The minimum Gasteiger partial charge on any atom is -0.491 e. The first kappa shape index (κ1) is 25.9. The van der Waals surface area contributed by atoms with E-state index in [0.29, 0.717) is 74.4 Å². The lowest BCUT2D eigenvalue weighted by atomic mass is 10.1. The highest BCUT2D eigenvalue weighted by molar-refractivity contribution is 5.85. The fraction of sp³-hybridized carbons (Fsp3) is 0.654. The van der Waals surface area contributed by atoms with Crippen LogP contribution in [0.4, 0.5) is 10.5 Å². The lowest BCUT2D eigenvalue weighted by Crippen LogP contribution is -2.49. The number of carbonyl (C=O) groups excluding carboxylic acids is 1. The van der Waals surface area contributed by atoms with Gasteiger partial charge in [0.1, 0.15) is 23.2 Å². The van der Waals surface area contributed by atoms with Crippen LogP contribution in [0, 0.1) is 11.3 Å². The summed E-state index contributed by atoms with van der Waals surface area (Å²) >= 11 is 0. The number of carbonyl (C=O) groups is 1. The number of ether oxygens (including phenoxy) is 4. The quantitative estimate of drug-likeness (QED) is 0.452. The second-order valence-electron chi connectivity index (χ2n) is 9.34. The molecule has 1 aromatic carbocycles. The molecule has 4 rings (SSSR count). The van der Waals surface area contributed by atoms with E-state index < -0.39 is 0 Å². The van der Waals surface area contributed by atoms with Gasteiger partial charge < -0.3 is 33.6 Å². The molecule has 2 aliphatic heterocycles. The van der Waals surface area contributed by atoms with Crippen molar-refractivity contribution < 1.29 is 23.7 Å². The van der Waals surface area contributed by atoms with E-state index in [9.17, 15) is 10.1 Å². The molecule has 0 atom stereocenters. The minimum absolute atomic E-state index is 0.0759. The SMILES string of the molecule is COc1c(N=C(C)N2CCCN(C(=O)N3CCOCC3)CC2)cc(C#N)c(OC2CCCC2)c1OC. The molecular weight excluding hydrogens is 462 g/mol. The summed E-state index contributed by atoms with van der Waals surface area (Å²) in [5.41, 5.74) is 0.900. The third-order valence-corrected chi connectivity index (χ3v) is 7.07. The van der Waals surface area contributed by atoms with Crippen molar-refractivity contribution in [3.8, 4) is 23.3 Å². The Hall–Kier alpha value is -3.19. The van der Waals surface area contributed by atoms with Crippen molar-refractivity contribution in [3.63, 3.8) is 0 Å². The number of urea groups is 1. The summed E-state index contributed by atoms with van der Waals surface area (Å²) < 4.78 is 22.9. The summed E-state index contributed by atoms with van der Waals surface area (Å²) in [5, 5.41) is 9.87. The second kappa shape index (κ2) is 12.2. The number of amides is 2. The van der Waals surface area contributed by atoms with Gasteiger partial charge >= 0.3 is 6.03 Å². The molecule has 1 aromatic rings. The van der Waals surface area contributed by atoms with Gasteiger partial charge in [-0.1, -0.05) is 0 Å². The topological polar surface area (TPSA) is 99.9 Å². The second-order valence-corrected chi connectivity index (χ2v) is 9.34. The van der Waals surface area contributed by atoms with Crippen LogP contribution in [0.1, 0.15) is 44.6 Å². The van der Waals surface area contributed by atoms with Crippen LogP contribution in [0.15, 0.2) is 11.1 Å². The molecule has 36 heavy (non-hydrogen) atoms. The zero-order valence-corrected chi connectivity index (χ0v) is 21.6. The first-order chi connectivity index (χ1) is 17.5. The minimum atomic E-state index is 0.0759. The average molecular weight is 500 g/mol. The molecule has 3 aliphatic rings. The molecule has 2 saturated heterocycles. The van der Waals surface area contributed by atoms with Gasteiger partial charge in [-0.2, -0.15) is 5.26 Å². The number of benzene rings is 1. The van der Waals surface area contributed by atoms with E-state index in [1.807, 2.05) is 16.7 Å². The van der Waals surface area contributed by atoms with Crippen molar-refractivity contribution in [2.45, 2.75) is 45.1 Å². The molecule has 0 spiro atoms. The highest BCUT2D eigenvalue weighted by atomic mass is 16.5. The first-order valence-corrected chi connectivity index (χ1v) is 12.8. The standard InChI is InChI=1S/C26H37N5O5/c1-19(29-9-6-10-30(12-11-29)26(32)31-13-15-35-16-14-31)28-22-17-20(18-27)23(25(34-3)24(22)33-2)36-21-7-4-5-8-21/h17,21H,4-16H2,1-3H3. The molecule has 0 radical (unpaired) electrons. The molecule has 196 valence electrons. The predicted octanol–water partition coefficient (Wildman–Crippen LogP) is 3.41. The largest absolute Gasteiger partial charge is 0.491 e. The van der Waals surface area contributed by atoms with E-state index in [-0.39, 0.29) is 12.1 Å². The predicted molar refractivity (Wildman–Crippen MR) is 135 cm³/mol. The third-order valence-electron chi connectivity index (χ3n) is 7.07. The number of nitrogens with zero attached hydrogens (tertiary/aromatic N) is 5. The van der Waals surface area contributed by atoms with E-state index in [1.54, 1.807) is 20.3 Å². The number of hydrogen-bond donors (Lipinski definition) is 0. The van der Waals surface area contributed by atoms with Crippen LogP contribution in [0.3, 0.4) is 0 Å². The van der Waals surface area contributed by atoms with Crippen LogP contribution in [0.2, 0.25) is 0 Å². The van der Waals surface area contributed by atoms with E-state index in [4.69, 9.17) is 23.9 Å². The fourth-order valence-electron chi connectivity index (χ4n) is 5.08. The third kappa shape index (κ3) is 5.78. The monoisotopic (exact) mass is 499 g/mol. The number of nitriles is 1. The molecule has 1 saturated carbocycles. The van der Waals surface area contributed by atoms with Crippen molar-refractivity contribution >= 4 is 17.6 Å². The maximum atomic E-state index is 12.9. The summed E-state index contributed by atoms with van der Waals surface area (Å²) in [6.45, 7) is 7.22. The van der Waals surface area contributed by atoms with Crippen molar-refractivity contribution in [2.24, 2.45) is 4.99 Å². The Kier molecular flexibility index (Phi) is 8.75. The van der Waals surface area contributed by atoms with Crippen LogP contribution in [-0.4, -0.2) is 99.4 Å². The normalized spacial score (nSPS) is 19.6. The molecule has 0 unspecified atom stereocenters. The Balaban J connectivity index is 1.52. The van der Waals surface area contributed by atoms with Crippen molar-refractivity contribution in [1.82, 2.24) is 14.7 Å². The molecule has 2 amide bonds. The summed E-state index contributed by atoms with van der Waals surface area (Å²) in [6, 6.07) is 4.04. The molecule has 0 aromatic heterocycles. The van der Waals surface area contributed by atoms with Gasteiger partial charge in [-0.25, -0.2) is 9.79 Å². The molecule has 0 bridgehead atoms. The molecule has 2 heterocycles.